The number of nitrogens with one attached hydrogen (secondary N) is 1. The molecule has 0 saturated heterocycles. The van der Waals surface area contributed by atoms with Gasteiger partial charge in [0.2, 0.25) is 0 Å². The van der Waals surface area contributed by atoms with Gasteiger partial charge in [-0.25, -0.2) is 0 Å². The summed E-state index contributed by atoms with van der Waals surface area (Å²) in [6.07, 6.45) is 8.59. The second-order valence-corrected chi connectivity index (χ2v) is 7.57. The Morgan fingerprint density at radius 2 is 2.05 bits per heavy atom. The summed E-state index contributed by atoms with van der Waals surface area (Å²) in [5.74, 6) is 2.22. The third-order valence-corrected chi connectivity index (χ3v) is 5.81. The van der Waals surface area contributed by atoms with E-state index in [-0.39, 0.29) is 0 Å². The van der Waals surface area contributed by atoms with Crippen molar-refractivity contribution in [2.45, 2.75) is 62.8 Å². The van der Waals surface area contributed by atoms with Crippen LogP contribution in [0.25, 0.3) is 0 Å². The van der Waals surface area contributed by atoms with Crippen LogP contribution in [-0.2, 0) is 0 Å². The topological polar surface area (TPSA) is 21.3 Å². The fourth-order valence-corrected chi connectivity index (χ4v) is 4.43. The molecular formula is C18H27NOS. The molecule has 2 saturated carbocycles. The monoisotopic (exact) mass is 305 g/mol. The molecule has 2 nitrogen and oxygen atoms in total. The standard InChI is InChI=1S/C18H27NOS/c1-2-19-18(13-21-17-8-3-4-9-17)14-6-5-7-16(12-14)20-15-10-11-15/h5-7,12,15,17-19H,2-4,8-11,13H2,1H3. The van der Waals surface area contributed by atoms with E-state index in [9.17, 15) is 0 Å². The van der Waals surface area contributed by atoms with Gasteiger partial charge in [-0.15, -0.1) is 0 Å². The van der Waals surface area contributed by atoms with Crippen LogP contribution in [0, 0.1) is 0 Å². The van der Waals surface area contributed by atoms with Crippen molar-refractivity contribution in [2.75, 3.05) is 12.3 Å². The largest absolute Gasteiger partial charge is 0.490 e. The van der Waals surface area contributed by atoms with Crippen LogP contribution >= 0.6 is 11.8 Å². The maximum Gasteiger partial charge on any atom is 0.120 e. The van der Waals surface area contributed by atoms with Crippen molar-refractivity contribution in [3.8, 4) is 5.75 Å². The summed E-state index contributed by atoms with van der Waals surface area (Å²) in [7, 11) is 0. The van der Waals surface area contributed by atoms with Gasteiger partial charge in [0.05, 0.1) is 6.10 Å². The number of ether oxygens (including phenoxy) is 1. The SMILES string of the molecule is CCNC(CSC1CCCC1)c1cccc(OC2CC2)c1. The van der Waals surface area contributed by atoms with E-state index in [2.05, 4.69) is 48.3 Å². The maximum atomic E-state index is 5.94. The highest BCUT2D eigenvalue weighted by atomic mass is 32.2. The van der Waals surface area contributed by atoms with Crippen LogP contribution in [0.4, 0.5) is 0 Å². The molecular weight excluding hydrogens is 278 g/mol. The van der Waals surface area contributed by atoms with E-state index < -0.39 is 0 Å². The average Bonchev–Trinajstić information content (AvgIpc) is 3.16. The minimum atomic E-state index is 0.448. The van der Waals surface area contributed by atoms with Crippen LogP contribution in [-0.4, -0.2) is 23.7 Å². The van der Waals surface area contributed by atoms with E-state index >= 15 is 0 Å². The molecule has 21 heavy (non-hydrogen) atoms. The molecule has 2 fully saturated rings. The third-order valence-electron chi connectivity index (χ3n) is 4.34. The molecule has 3 rings (SSSR count). The Labute approximate surface area is 133 Å². The maximum absolute atomic E-state index is 5.94. The van der Waals surface area contributed by atoms with Crippen LogP contribution < -0.4 is 10.1 Å². The summed E-state index contributed by atoms with van der Waals surface area (Å²) >= 11 is 2.16. The highest BCUT2D eigenvalue weighted by molar-refractivity contribution is 7.99. The Kier molecular flexibility index (Phi) is 5.48. The van der Waals surface area contributed by atoms with Gasteiger partial charge in [0.15, 0.2) is 0 Å². The Morgan fingerprint density at radius 3 is 2.76 bits per heavy atom. The van der Waals surface area contributed by atoms with Crippen molar-refractivity contribution in [3.05, 3.63) is 29.8 Å². The summed E-state index contributed by atoms with van der Waals surface area (Å²) in [5.41, 5.74) is 1.38. The first-order chi connectivity index (χ1) is 10.3. The summed E-state index contributed by atoms with van der Waals surface area (Å²) in [4.78, 5) is 0. The number of thioether (sulfide) groups is 1. The highest BCUT2D eigenvalue weighted by Gasteiger charge is 2.24. The zero-order chi connectivity index (χ0) is 14.5. The molecule has 0 spiro atoms. The fourth-order valence-electron chi connectivity index (χ4n) is 2.99. The number of hydrogen-bond donors (Lipinski definition) is 1. The number of rotatable bonds is 8. The van der Waals surface area contributed by atoms with E-state index in [1.165, 1.54) is 49.8 Å². The molecule has 1 aromatic rings. The minimum absolute atomic E-state index is 0.448. The Balaban J connectivity index is 1.60. The third kappa shape index (κ3) is 4.65. The smallest absolute Gasteiger partial charge is 0.120 e. The summed E-state index contributed by atoms with van der Waals surface area (Å²) in [5, 5.41) is 4.53. The molecule has 2 aliphatic carbocycles. The van der Waals surface area contributed by atoms with E-state index in [0.29, 0.717) is 12.1 Å². The lowest BCUT2D eigenvalue weighted by atomic mass is 10.1. The van der Waals surface area contributed by atoms with Crippen LogP contribution in [0.2, 0.25) is 0 Å². The zero-order valence-corrected chi connectivity index (χ0v) is 13.8. The van der Waals surface area contributed by atoms with Crippen molar-refractivity contribution < 1.29 is 4.74 Å². The molecule has 0 heterocycles. The Morgan fingerprint density at radius 1 is 1.24 bits per heavy atom. The van der Waals surface area contributed by atoms with E-state index in [4.69, 9.17) is 4.74 Å². The lowest BCUT2D eigenvalue weighted by Crippen LogP contribution is -2.23. The summed E-state index contributed by atoms with van der Waals surface area (Å²) < 4.78 is 5.94. The van der Waals surface area contributed by atoms with E-state index in [1.54, 1.807) is 0 Å². The van der Waals surface area contributed by atoms with Gasteiger partial charge in [-0.1, -0.05) is 31.9 Å². The molecule has 1 unspecified atom stereocenters. The second kappa shape index (κ2) is 7.55. The predicted molar refractivity (Wildman–Crippen MR) is 91.2 cm³/mol. The minimum Gasteiger partial charge on any atom is -0.490 e. The quantitative estimate of drug-likeness (QED) is 0.761. The van der Waals surface area contributed by atoms with Gasteiger partial charge in [-0.2, -0.15) is 11.8 Å². The average molecular weight is 305 g/mol. The summed E-state index contributed by atoms with van der Waals surface area (Å²) in [6.45, 7) is 3.21. The first-order valence-corrected chi connectivity index (χ1v) is 9.51. The van der Waals surface area contributed by atoms with Crippen molar-refractivity contribution >= 4 is 11.8 Å². The molecule has 0 aromatic heterocycles. The lowest BCUT2D eigenvalue weighted by Gasteiger charge is -2.20. The first kappa shape index (κ1) is 15.2. The number of benzene rings is 1. The van der Waals surface area contributed by atoms with Gasteiger partial charge in [0.25, 0.3) is 0 Å². The molecule has 1 aromatic carbocycles. The Hall–Kier alpha value is -0.670. The molecule has 0 radical (unpaired) electrons. The molecule has 1 atom stereocenters. The van der Waals surface area contributed by atoms with Gasteiger partial charge in [-0.3, -0.25) is 0 Å². The molecule has 116 valence electrons. The van der Waals surface area contributed by atoms with E-state index in [1.807, 2.05) is 0 Å². The molecule has 0 amide bonds. The van der Waals surface area contributed by atoms with Gasteiger partial charge in [-0.05, 0) is 49.9 Å². The van der Waals surface area contributed by atoms with Gasteiger partial charge in [0, 0.05) is 17.0 Å². The first-order valence-electron chi connectivity index (χ1n) is 8.46. The molecule has 0 aliphatic heterocycles. The summed E-state index contributed by atoms with van der Waals surface area (Å²) in [6, 6.07) is 9.15. The molecule has 1 N–H and O–H groups in total. The molecule has 3 heteroatoms. The number of hydrogen-bond acceptors (Lipinski definition) is 3. The zero-order valence-electron chi connectivity index (χ0n) is 13.0. The van der Waals surface area contributed by atoms with Crippen molar-refractivity contribution in [3.63, 3.8) is 0 Å². The van der Waals surface area contributed by atoms with Crippen molar-refractivity contribution in [1.82, 2.24) is 5.32 Å². The van der Waals surface area contributed by atoms with Gasteiger partial charge >= 0.3 is 0 Å². The normalized spacial score (nSPS) is 20.6. The van der Waals surface area contributed by atoms with E-state index in [0.717, 1.165) is 17.5 Å². The lowest BCUT2D eigenvalue weighted by molar-refractivity contribution is 0.302. The van der Waals surface area contributed by atoms with Crippen molar-refractivity contribution in [1.29, 1.82) is 0 Å². The predicted octanol–water partition coefficient (Wildman–Crippen LogP) is 4.55. The van der Waals surface area contributed by atoms with Crippen LogP contribution in [0.15, 0.2) is 24.3 Å². The molecule has 2 aliphatic rings. The highest BCUT2D eigenvalue weighted by Crippen LogP contribution is 2.33. The van der Waals surface area contributed by atoms with Crippen molar-refractivity contribution in [2.24, 2.45) is 0 Å². The molecule has 0 bridgehead atoms. The van der Waals surface area contributed by atoms with Crippen LogP contribution in [0.3, 0.4) is 0 Å². The van der Waals surface area contributed by atoms with Gasteiger partial charge in [0.1, 0.15) is 5.75 Å². The van der Waals surface area contributed by atoms with Crippen LogP contribution in [0.5, 0.6) is 5.75 Å². The second-order valence-electron chi connectivity index (χ2n) is 6.24. The Bertz CT molecular complexity index is 441. The van der Waals surface area contributed by atoms with Crippen LogP contribution in [0.1, 0.15) is 57.1 Å². The van der Waals surface area contributed by atoms with Gasteiger partial charge < -0.3 is 10.1 Å². The fraction of sp³-hybridized carbons (Fsp3) is 0.667.